The van der Waals surface area contributed by atoms with E-state index in [1.54, 1.807) is 61.5 Å². The largest absolute Gasteiger partial charge is 0.507 e. The summed E-state index contributed by atoms with van der Waals surface area (Å²) in [6.45, 7) is 7.38. The first-order valence-corrected chi connectivity index (χ1v) is 16.2. The first-order valence-electron chi connectivity index (χ1n) is 15.4. The number of anilines is 1. The number of aromatic nitrogens is 1. The van der Waals surface area contributed by atoms with Crippen molar-refractivity contribution in [3.05, 3.63) is 154 Å². The van der Waals surface area contributed by atoms with Crippen LogP contribution in [-0.2, 0) is 20.9 Å². The van der Waals surface area contributed by atoms with E-state index in [-0.39, 0.29) is 27.9 Å². The summed E-state index contributed by atoms with van der Waals surface area (Å²) in [5.74, 6) is -1.14. The van der Waals surface area contributed by atoms with Gasteiger partial charge < -0.3 is 19.3 Å². The number of para-hydroxylation sites is 1. The van der Waals surface area contributed by atoms with Crippen LogP contribution in [0.1, 0.15) is 43.7 Å². The molecule has 49 heavy (non-hydrogen) atoms. The molecule has 0 aliphatic carbocycles. The van der Waals surface area contributed by atoms with Crippen molar-refractivity contribution in [3.63, 3.8) is 0 Å². The number of esters is 1. The molecule has 0 radical (unpaired) electrons. The van der Waals surface area contributed by atoms with Gasteiger partial charge in [-0.05, 0) is 73.0 Å². The highest BCUT2D eigenvalue weighted by Gasteiger charge is 2.48. The highest BCUT2D eigenvalue weighted by Crippen LogP contribution is 2.45. The molecule has 5 aromatic rings. The van der Waals surface area contributed by atoms with Gasteiger partial charge >= 0.3 is 11.9 Å². The number of ether oxygens (including phenoxy) is 3. The molecule has 9 nitrogen and oxygen atoms in total. The number of Topliss-reactive ketones (excluding diaryl/α,β-unsaturated/α-hetero) is 1. The van der Waals surface area contributed by atoms with Crippen LogP contribution in [-0.4, -0.2) is 34.4 Å². The quantitative estimate of drug-likeness (QED) is 0.0492. The number of thiazole rings is 1. The van der Waals surface area contributed by atoms with Crippen molar-refractivity contribution in [2.75, 3.05) is 11.5 Å². The topological polar surface area (TPSA) is 115 Å². The van der Waals surface area contributed by atoms with E-state index in [0.717, 1.165) is 22.5 Å². The Hall–Kier alpha value is -6.00. The molecule has 1 saturated heterocycles. The maximum Gasteiger partial charge on any atom is 0.350 e. The number of nitrogens with zero attached hydrogens (tertiary/aromatic N) is 2. The third-order valence-electron chi connectivity index (χ3n) is 7.79. The number of hydrogen-bond acceptors (Lipinski definition) is 9. The summed E-state index contributed by atoms with van der Waals surface area (Å²) in [5, 5.41) is 11.9. The molecular formula is C39H32N2O7S. The lowest BCUT2D eigenvalue weighted by atomic mass is 9.94. The van der Waals surface area contributed by atoms with Gasteiger partial charge in [-0.25, -0.2) is 9.78 Å². The second-order valence-electron chi connectivity index (χ2n) is 11.2. The molecule has 0 bridgehead atoms. The number of aliphatic hydroxyl groups excluding tert-OH is 1. The van der Waals surface area contributed by atoms with E-state index in [1.165, 1.54) is 11.0 Å². The third kappa shape index (κ3) is 7.00. The van der Waals surface area contributed by atoms with Crippen molar-refractivity contribution in [1.29, 1.82) is 0 Å². The van der Waals surface area contributed by atoms with Gasteiger partial charge in [-0.1, -0.05) is 84.7 Å². The third-order valence-corrected chi connectivity index (χ3v) is 8.93. The number of carbonyl (C=O) groups excluding carboxylic acids is 3. The van der Waals surface area contributed by atoms with Crippen molar-refractivity contribution < 1.29 is 33.7 Å². The van der Waals surface area contributed by atoms with E-state index in [2.05, 4.69) is 11.6 Å². The minimum Gasteiger partial charge on any atom is -0.507 e. The van der Waals surface area contributed by atoms with Crippen molar-refractivity contribution in [3.8, 4) is 17.2 Å². The van der Waals surface area contributed by atoms with Gasteiger partial charge in [-0.15, -0.1) is 0 Å². The van der Waals surface area contributed by atoms with Crippen molar-refractivity contribution in [2.45, 2.75) is 26.5 Å². The average Bonchev–Trinajstić information content (AvgIpc) is 3.63. The first kappa shape index (κ1) is 32.9. The molecular weight excluding hydrogens is 641 g/mol. The Kier molecular flexibility index (Phi) is 9.68. The van der Waals surface area contributed by atoms with Crippen LogP contribution in [0.5, 0.6) is 17.2 Å². The number of ketones is 1. The SMILES string of the molecule is C=CCOC(=O)c1sc(N2C(=O)C(=O)/C(=C(/O)c3ccc(OCc4ccccc4)c(C)c3)[C@H]2c2cccc(Oc3ccccc3)c2)nc1C. The lowest BCUT2D eigenvalue weighted by Gasteiger charge is -2.23. The van der Waals surface area contributed by atoms with Crippen LogP contribution in [0.15, 0.2) is 121 Å². The molecule has 1 aliphatic heterocycles. The number of benzene rings is 4. The van der Waals surface area contributed by atoms with Gasteiger partial charge in [0.15, 0.2) is 5.13 Å². The van der Waals surface area contributed by atoms with Gasteiger partial charge in [0.1, 0.15) is 41.1 Å². The number of rotatable bonds is 11. The van der Waals surface area contributed by atoms with E-state index in [1.807, 2.05) is 55.5 Å². The Morgan fingerprint density at radius 3 is 2.37 bits per heavy atom. The Labute approximate surface area is 287 Å². The smallest absolute Gasteiger partial charge is 0.350 e. The zero-order valence-electron chi connectivity index (χ0n) is 26.8. The predicted molar refractivity (Wildman–Crippen MR) is 187 cm³/mol. The van der Waals surface area contributed by atoms with Crippen LogP contribution < -0.4 is 14.4 Å². The Morgan fingerprint density at radius 2 is 1.65 bits per heavy atom. The zero-order chi connectivity index (χ0) is 34.5. The summed E-state index contributed by atoms with van der Waals surface area (Å²) in [4.78, 5) is 46.3. The van der Waals surface area contributed by atoms with Crippen molar-refractivity contribution in [2.24, 2.45) is 0 Å². The normalized spacial score (nSPS) is 15.2. The maximum absolute atomic E-state index is 13.9. The average molecular weight is 673 g/mol. The first-order chi connectivity index (χ1) is 23.7. The van der Waals surface area contributed by atoms with Gasteiger partial charge in [0, 0.05) is 5.56 Å². The van der Waals surface area contributed by atoms with Crippen molar-refractivity contribution in [1.82, 2.24) is 4.98 Å². The number of amides is 1. The van der Waals surface area contributed by atoms with E-state index in [4.69, 9.17) is 14.2 Å². The maximum atomic E-state index is 13.9. The van der Waals surface area contributed by atoms with Crippen molar-refractivity contribution >= 4 is 39.9 Å². The Balaban J connectivity index is 1.42. The van der Waals surface area contributed by atoms with Gasteiger partial charge in [0.2, 0.25) is 0 Å². The molecule has 0 spiro atoms. The fraction of sp³-hybridized carbons (Fsp3) is 0.128. The van der Waals surface area contributed by atoms with E-state index >= 15 is 0 Å². The molecule has 4 aromatic carbocycles. The fourth-order valence-corrected chi connectivity index (χ4v) is 6.43. The van der Waals surface area contributed by atoms with Crippen LogP contribution in [0.2, 0.25) is 0 Å². The van der Waals surface area contributed by atoms with Gasteiger partial charge in [0.25, 0.3) is 5.78 Å². The van der Waals surface area contributed by atoms with Crippen LogP contribution in [0.3, 0.4) is 0 Å². The molecule has 0 saturated carbocycles. The Morgan fingerprint density at radius 1 is 0.939 bits per heavy atom. The summed E-state index contributed by atoms with van der Waals surface area (Å²) in [6.07, 6.45) is 1.45. The predicted octanol–water partition coefficient (Wildman–Crippen LogP) is 8.10. The number of hydrogen-bond donors (Lipinski definition) is 1. The standard InChI is InChI=1S/C39H32N2O7S/c1-4-20-46-38(45)36-25(3)40-39(49-36)41-33(27-14-11-17-30(22-27)48-29-15-9-6-10-16-29)32(35(43)37(41)44)34(42)28-18-19-31(24(2)21-28)47-23-26-12-7-5-8-13-26/h4-19,21-22,33,42H,1,20,23H2,2-3H3/b34-32+/t33-/m1/s1. The Bertz CT molecular complexity index is 2070. The van der Waals surface area contributed by atoms with E-state index in [9.17, 15) is 19.5 Å². The molecule has 1 aliphatic rings. The lowest BCUT2D eigenvalue weighted by Crippen LogP contribution is -2.29. The highest BCUT2D eigenvalue weighted by molar-refractivity contribution is 7.17. The monoisotopic (exact) mass is 672 g/mol. The van der Waals surface area contributed by atoms with E-state index in [0.29, 0.717) is 40.7 Å². The summed E-state index contributed by atoms with van der Waals surface area (Å²) >= 11 is 0.925. The molecule has 1 fully saturated rings. The number of aliphatic hydroxyl groups is 1. The minimum atomic E-state index is -1.10. The van der Waals surface area contributed by atoms with Gasteiger partial charge in [0.05, 0.1) is 17.3 Å². The summed E-state index contributed by atoms with van der Waals surface area (Å²) in [5.41, 5.74) is 2.73. The second kappa shape index (κ2) is 14.4. The lowest BCUT2D eigenvalue weighted by molar-refractivity contribution is -0.132. The molecule has 246 valence electrons. The number of carbonyl (C=O) groups is 3. The van der Waals surface area contributed by atoms with Crippen LogP contribution in [0.4, 0.5) is 5.13 Å². The summed E-state index contributed by atoms with van der Waals surface area (Å²) in [6, 6.07) is 29.8. The summed E-state index contributed by atoms with van der Waals surface area (Å²) in [7, 11) is 0. The molecule has 10 heteroatoms. The molecule has 2 heterocycles. The molecule has 1 N–H and O–H groups in total. The van der Waals surface area contributed by atoms with Gasteiger partial charge in [-0.2, -0.15) is 0 Å². The molecule has 6 rings (SSSR count). The molecule has 1 aromatic heterocycles. The van der Waals surface area contributed by atoms with Crippen LogP contribution >= 0.6 is 11.3 Å². The molecule has 1 atom stereocenters. The highest BCUT2D eigenvalue weighted by atomic mass is 32.1. The zero-order valence-corrected chi connectivity index (χ0v) is 27.6. The van der Waals surface area contributed by atoms with Crippen LogP contribution in [0, 0.1) is 13.8 Å². The fourth-order valence-electron chi connectivity index (χ4n) is 5.44. The van der Waals surface area contributed by atoms with E-state index < -0.39 is 23.7 Å². The number of aryl methyl sites for hydroxylation is 2. The second-order valence-corrected chi connectivity index (χ2v) is 12.2. The molecule has 1 amide bonds. The minimum absolute atomic E-state index is 0.000269. The van der Waals surface area contributed by atoms with Gasteiger partial charge in [-0.3, -0.25) is 14.5 Å². The summed E-state index contributed by atoms with van der Waals surface area (Å²) < 4.78 is 17.3. The molecule has 0 unspecified atom stereocenters. The van der Waals surface area contributed by atoms with Crippen LogP contribution in [0.25, 0.3) is 5.76 Å².